The van der Waals surface area contributed by atoms with Crippen LogP contribution in [0.4, 0.5) is 0 Å². The maximum Gasteiger partial charge on any atom is 0.237 e. The van der Waals surface area contributed by atoms with E-state index < -0.39 is 6.04 Å². The molecule has 1 aromatic carbocycles. The Balaban J connectivity index is 0.00000242. The molecule has 6 nitrogen and oxygen atoms in total. The van der Waals surface area contributed by atoms with E-state index in [9.17, 15) is 4.79 Å². The van der Waals surface area contributed by atoms with Crippen molar-refractivity contribution in [3.8, 4) is 5.69 Å². The summed E-state index contributed by atoms with van der Waals surface area (Å²) >= 11 is 1.69. The van der Waals surface area contributed by atoms with Crippen molar-refractivity contribution in [2.75, 3.05) is 12.0 Å². The van der Waals surface area contributed by atoms with Gasteiger partial charge in [-0.2, -0.15) is 16.9 Å². The SMILES string of the molecule is CSCC[C@H](N)C(=O)NCc1cccc(-n2cncn2)c1.Cl. The summed E-state index contributed by atoms with van der Waals surface area (Å²) < 4.78 is 1.68. The van der Waals surface area contributed by atoms with Crippen molar-refractivity contribution < 1.29 is 4.79 Å². The van der Waals surface area contributed by atoms with Crippen molar-refractivity contribution in [3.05, 3.63) is 42.5 Å². The highest BCUT2D eigenvalue weighted by atomic mass is 35.5. The minimum atomic E-state index is -0.448. The number of hydrogen-bond acceptors (Lipinski definition) is 5. The molecule has 3 N–H and O–H groups in total. The number of nitrogens with two attached hydrogens (primary N) is 1. The maximum absolute atomic E-state index is 11.9. The topological polar surface area (TPSA) is 85.8 Å². The van der Waals surface area contributed by atoms with Gasteiger partial charge in [0.1, 0.15) is 12.7 Å². The lowest BCUT2D eigenvalue weighted by molar-refractivity contribution is -0.122. The van der Waals surface area contributed by atoms with E-state index in [1.807, 2.05) is 30.5 Å². The first-order valence-corrected chi connectivity index (χ1v) is 8.06. The van der Waals surface area contributed by atoms with Crippen molar-refractivity contribution in [2.45, 2.75) is 19.0 Å². The van der Waals surface area contributed by atoms with Crippen molar-refractivity contribution in [1.82, 2.24) is 20.1 Å². The van der Waals surface area contributed by atoms with Crippen LogP contribution in [0.3, 0.4) is 0 Å². The van der Waals surface area contributed by atoms with E-state index in [2.05, 4.69) is 15.4 Å². The molecule has 0 unspecified atom stereocenters. The Bertz CT molecular complexity index is 578. The van der Waals surface area contributed by atoms with Crippen LogP contribution >= 0.6 is 24.2 Å². The van der Waals surface area contributed by atoms with Crippen LogP contribution < -0.4 is 11.1 Å². The Hall–Kier alpha value is -1.57. The summed E-state index contributed by atoms with van der Waals surface area (Å²) in [4.78, 5) is 15.8. The lowest BCUT2D eigenvalue weighted by atomic mass is 10.2. The van der Waals surface area contributed by atoms with Crippen LogP contribution in [0.25, 0.3) is 5.69 Å². The van der Waals surface area contributed by atoms with Crippen LogP contribution in [0.5, 0.6) is 0 Å². The van der Waals surface area contributed by atoms with Gasteiger partial charge in [0.25, 0.3) is 0 Å². The Morgan fingerprint density at radius 3 is 3.00 bits per heavy atom. The standard InChI is InChI=1S/C14H19N5OS.ClH/c1-21-6-5-13(15)14(20)17-8-11-3-2-4-12(7-11)19-10-16-9-18-19;/h2-4,7,9-10,13H,5-6,8,15H2,1H3,(H,17,20);1H/t13-;/m0./s1. The van der Waals surface area contributed by atoms with Gasteiger partial charge in [0.05, 0.1) is 11.7 Å². The van der Waals surface area contributed by atoms with Crippen LogP contribution in [0, 0.1) is 0 Å². The summed E-state index contributed by atoms with van der Waals surface area (Å²) in [6, 6.07) is 7.32. The maximum atomic E-state index is 11.9. The minimum absolute atomic E-state index is 0. The molecule has 120 valence electrons. The van der Waals surface area contributed by atoms with Gasteiger partial charge in [-0.15, -0.1) is 12.4 Å². The van der Waals surface area contributed by atoms with Gasteiger partial charge in [0, 0.05) is 6.54 Å². The molecule has 2 aromatic rings. The van der Waals surface area contributed by atoms with Gasteiger partial charge in [-0.25, -0.2) is 9.67 Å². The van der Waals surface area contributed by atoms with Gasteiger partial charge in [0.2, 0.25) is 5.91 Å². The second-order valence-electron chi connectivity index (χ2n) is 4.62. The van der Waals surface area contributed by atoms with Gasteiger partial charge in [0.15, 0.2) is 0 Å². The molecule has 22 heavy (non-hydrogen) atoms. The van der Waals surface area contributed by atoms with Gasteiger partial charge < -0.3 is 11.1 Å². The van der Waals surface area contributed by atoms with Crippen LogP contribution in [0.2, 0.25) is 0 Å². The van der Waals surface area contributed by atoms with Crippen LogP contribution in [0.15, 0.2) is 36.9 Å². The molecular formula is C14H20ClN5OS. The van der Waals surface area contributed by atoms with E-state index in [0.717, 1.165) is 17.0 Å². The summed E-state index contributed by atoms with van der Waals surface area (Å²) in [6.45, 7) is 0.453. The predicted octanol–water partition coefficient (Wildman–Crippen LogP) is 1.39. The van der Waals surface area contributed by atoms with E-state index >= 15 is 0 Å². The van der Waals surface area contributed by atoms with E-state index in [-0.39, 0.29) is 18.3 Å². The number of hydrogen-bond donors (Lipinski definition) is 2. The number of aromatic nitrogens is 3. The average Bonchev–Trinajstić information content (AvgIpc) is 3.05. The molecule has 0 aliphatic rings. The fourth-order valence-corrected chi connectivity index (χ4v) is 2.34. The molecule has 0 saturated carbocycles. The Kier molecular flexibility index (Phi) is 7.94. The molecule has 1 amide bonds. The molecule has 0 aliphatic heterocycles. The molecule has 2 rings (SSSR count). The fourth-order valence-electron chi connectivity index (χ4n) is 1.85. The van der Waals surface area contributed by atoms with Gasteiger partial charge >= 0.3 is 0 Å². The zero-order valence-corrected chi connectivity index (χ0v) is 13.9. The number of halogens is 1. The minimum Gasteiger partial charge on any atom is -0.351 e. The third-order valence-electron chi connectivity index (χ3n) is 3.03. The number of carbonyl (C=O) groups excluding carboxylic acids is 1. The monoisotopic (exact) mass is 341 g/mol. The van der Waals surface area contributed by atoms with Crippen LogP contribution in [-0.2, 0) is 11.3 Å². The van der Waals surface area contributed by atoms with Crippen LogP contribution in [-0.4, -0.2) is 38.7 Å². The van der Waals surface area contributed by atoms with Crippen LogP contribution in [0.1, 0.15) is 12.0 Å². The zero-order chi connectivity index (χ0) is 15.1. The Morgan fingerprint density at radius 1 is 1.50 bits per heavy atom. The van der Waals surface area contributed by atoms with Gasteiger partial charge in [-0.05, 0) is 36.1 Å². The molecule has 0 bridgehead atoms. The first-order valence-electron chi connectivity index (χ1n) is 6.67. The molecule has 0 spiro atoms. The van der Waals surface area contributed by atoms with Gasteiger partial charge in [-0.1, -0.05) is 12.1 Å². The summed E-state index contributed by atoms with van der Waals surface area (Å²) in [6.07, 6.45) is 5.81. The van der Waals surface area contributed by atoms with Crippen molar-refractivity contribution in [1.29, 1.82) is 0 Å². The number of thioether (sulfide) groups is 1. The molecular weight excluding hydrogens is 322 g/mol. The van der Waals surface area contributed by atoms with Crippen molar-refractivity contribution in [3.63, 3.8) is 0 Å². The molecule has 0 aliphatic carbocycles. The average molecular weight is 342 g/mol. The van der Waals surface area contributed by atoms with Gasteiger partial charge in [-0.3, -0.25) is 4.79 Å². The van der Waals surface area contributed by atoms with E-state index in [1.165, 1.54) is 6.33 Å². The molecule has 8 heteroatoms. The normalized spacial score (nSPS) is 11.5. The molecule has 0 radical (unpaired) electrons. The first-order chi connectivity index (χ1) is 10.2. The molecule has 0 fully saturated rings. The highest BCUT2D eigenvalue weighted by molar-refractivity contribution is 7.98. The number of benzene rings is 1. The molecule has 1 aromatic heterocycles. The molecule has 1 atom stereocenters. The smallest absolute Gasteiger partial charge is 0.237 e. The number of rotatable bonds is 7. The first kappa shape index (κ1) is 18.5. The second kappa shape index (κ2) is 9.45. The summed E-state index contributed by atoms with van der Waals surface area (Å²) in [5.41, 5.74) is 7.73. The third-order valence-corrected chi connectivity index (χ3v) is 3.67. The second-order valence-corrected chi connectivity index (χ2v) is 5.60. The lowest BCUT2D eigenvalue weighted by Gasteiger charge is -2.12. The number of nitrogens with one attached hydrogen (secondary N) is 1. The highest BCUT2D eigenvalue weighted by Gasteiger charge is 2.12. The highest BCUT2D eigenvalue weighted by Crippen LogP contribution is 2.09. The quantitative estimate of drug-likeness (QED) is 0.794. The number of nitrogens with zero attached hydrogens (tertiary/aromatic N) is 3. The Labute approximate surface area is 140 Å². The van der Waals surface area contributed by atoms with E-state index in [0.29, 0.717) is 13.0 Å². The van der Waals surface area contributed by atoms with Crippen molar-refractivity contribution >= 4 is 30.1 Å². The predicted molar refractivity (Wildman–Crippen MR) is 91.4 cm³/mol. The number of amides is 1. The zero-order valence-electron chi connectivity index (χ0n) is 12.3. The summed E-state index contributed by atoms with van der Waals surface area (Å²) in [5, 5.41) is 6.94. The third kappa shape index (κ3) is 5.32. The largest absolute Gasteiger partial charge is 0.351 e. The molecule has 0 saturated heterocycles. The van der Waals surface area contributed by atoms with E-state index in [4.69, 9.17) is 5.73 Å². The lowest BCUT2D eigenvalue weighted by Crippen LogP contribution is -2.40. The fraction of sp³-hybridized carbons (Fsp3) is 0.357. The number of carbonyl (C=O) groups is 1. The van der Waals surface area contributed by atoms with Crippen molar-refractivity contribution in [2.24, 2.45) is 5.73 Å². The van der Waals surface area contributed by atoms with E-state index in [1.54, 1.807) is 22.8 Å². The summed E-state index contributed by atoms with van der Waals surface area (Å²) in [7, 11) is 0. The summed E-state index contributed by atoms with van der Waals surface area (Å²) in [5.74, 6) is 0.770. The Morgan fingerprint density at radius 2 is 2.32 bits per heavy atom. The molecule has 1 heterocycles.